The molecule has 0 atom stereocenters. The third-order valence-electron chi connectivity index (χ3n) is 4.81. The van der Waals surface area contributed by atoms with Gasteiger partial charge in [0.1, 0.15) is 4.88 Å². The quantitative estimate of drug-likeness (QED) is 0.904. The van der Waals surface area contributed by atoms with Crippen molar-refractivity contribution in [3.05, 3.63) is 15.6 Å². The number of hydrogen-bond donors (Lipinski definition) is 1. The first-order valence-electron chi connectivity index (χ1n) is 8.27. The molecule has 1 aromatic heterocycles. The van der Waals surface area contributed by atoms with Gasteiger partial charge in [0.15, 0.2) is 0 Å². The van der Waals surface area contributed by atoms with Gasteiger partial charge >= 0.3 is 0 Å². The van der Waals surface area contributed by atoms with E-state index in [4.69, 9.17) is 0 Å². The Hall–Kier alpha value is -0.940. The van der Waals surface area contributed by atoms with Crippen LogP contribution in [0.15, 0.2) is 0 Å². The fraction of sp³-hybridized carbons (Fsp3) is 0.765. The summed E-state index contributed by atoms with van der Waals surface area (Å²) < 4.78 is 0. The minimum atomic E-state index is 0.0162. The molecule has 5 heteroatoms. The van der Waals surface area contributed by atoms with E-state index in [2.05, 4.69) is 25.8 Å². The Bertz CT molecular complexity index is 511. The Morgan fingerprint density at radius 2 is 2.05 bits per heavy atom. The zero-order valence-electron chi connectivity index (χ0n) is 14.2. The van der Waals surface area contributed by atoms with E-state index in [1.54, 1.807) is 11.3 Å². The molecule has 0 radical (unpaired) electrons. The number of piperidine rings is 1. The average molecular weight is 324 g/mol. The number of carbonyl (C=O) groups is 1. The van der Waals surface area contributed by atoms with Crippen molar-refractivity contribution >= 4 is 17.2 Å². The van der Waals surface area contributed by atoms with Gasteiger partial charge in [-0.1, -0.05) is 20.8 Å². The van der Waals surface area contributed by atoms with Crippen LogP contribution in [0.3, 0.4) is 0 Å². The second kappa shape index (κ2) is 7.09. The van der Waals surface area contributed by atoms with Gasteiger partial charge in [0.05, 0.1) is 10.7 Å². The molecule has 2 rings (SSSR count). The molecule has 1 saturated heterocycles. The van der Waals surface area contributed by atoms with Gasteiger partial charge in [-0.05, 0) is 37.5 Å². The molecule has 124 valence electrons. The number of likely N-dealkylation sites (tertiary alicyclic amines) is 1. The van der Waals surface area contributed by atoms with Crippen molar-refractivity contribution in [3.8, 4) is 0 Å². The molecule has 1 N–H and O–H groups in total. The van der Waals surface area contributed by atoms with E-state index in [0.717, 1.165) is 54.4 Å². The standard InChI is InChI=1S/C17H28N2O2S/c1-5-17(11-20)6-8-19(9-7-17)16(21)15-13(4)18-14(22-15)10-12(2)3/h12,20H,5-11H2,1-4H3. The Morgan fingerprint density at radius 1 is 1.41 bits per heavy atom. The van der Waals surface area contributed by atoms with Crippen molar-refractivity contribution in [2.75, 3.05) is 19.7 Å². The monoisotopic (exact) mass is 324 g/mol. The third kappa shape index (κ3) is 3.69. The Kier molecular flexibility index (Phi) is 5.61. The van der Waals surface area contributed by atoms with E-state index in [-0.39, 0.29) is 17.9 Å². The Balaban J connectivity index is 2.05. The lowest BCUT2D eigenvalue weighted by Crippen LogP contribution is -2.44. The van der Waals surface area contributed by atoms with Gasteiger partial charge in [-0.15, -0.1) is 11.3 Å². The van der Waals surface area contributed by atoms with Crippen molar-refractivity contribution in [2.24, 2.45) is 11.3 Å². The molecule has 0 saturated carbocycles. The lowest BCUT2D eigenvalue weighted by molar-refractivity contribution is 0.0340. The maximum atomic E-state index is 12.7. The molecule has 2 heterocycles. The van der Waals surface area contributed by atoms with Crippen LogP contribution in [0, 0.1) is 18.3 Å². The van der Waals surface area contributed by atoms with E-state index < -0.39 is 0 Å². The number of aliphatic hydroxyl groups is 1. The van der Waals surface area contributed by atoms with Gasteiger partial charge in [-0.25, -0.2) is 4.98 Å². The summed E-state index contributed by atoms with van der Waals surface area (Å²) in [6.45, 7) is 10.1. The van der Waals surface area contributed by atoms with Crippen LogP contribution in [-0.4, -0.2) is 40.6 Å². The number of carbonyl (C=O) groups excluding carboxylic acids is 1. The molecule has 0 unspecified atom stereocenters. The molecular formula is C17H28N2O2S. The van der Waals surface area contributed by atoms with Crippen molar-refractivity contribution in [1.29, 1.82) is 0 Å². The number of aromatic nitrogens is 1. The molecule has 1 amide bonds. The summed E-state index contributed by atoms with van der Waals surface area (Å²) in [7, 11) is 0. The van der Waals surface area contributed by atoms with Gasteiger partial charge in [0.25, 0.3) is 5.91 Å². The maximum absolute atomic E-state index is 12.7. The van der Waals surface area contributed by atoms with Gasteiger partial charge in [0, 0.05) is 26.1 Å². The predicted molar refractivity (Wildman–Crippen MR) is 90.3 cm³/mol. The number of thiazole rings is 1. The van der Waals surface area contributed by atoms with Crippen LogP contribution in [0.1, 0.15) is 60.4 Å². The summed E-state index contributed by atoms with van der Waals surface area (Å²) in [5.74, 6) is 0.672. The smallest absolute Gasteiger partial charge is 0.265 e. The zero-order valence-corrected chi connectivity index (χ0v) is 15.0. The zero-order chi connectivity index (χ0) is 16.3. The first-order valence-corrected chi connectivity index (χ1v) is 9.09. The van der Waals surface area contributed by atoms with E-state index in [1.807, 2.05) is 11.8 Å². The highest BCUT2D eigenvalue weighted by Crippen LogP contribution is 2.35. The topological polar surface area (TPSA) is 53.4 Å². The van der Waals surface area contributed by atoms with Crippen molar-refractivity contribution in [3.63, 3.8) is 0 Å². The van der Waals surface area contributed by atoms with Crippen LogP contribution in [0.4, 0.5) is 0 Å². The van der Waals surface area contributed by atoms with Crippen LogP contribution in [0.5, 0.6) is 0 Å². The molecule has 22 heavy (non-hydrogen) atoms. The number of amides is 1. The molecule has 4 nitrogen and oxygen atoms in total. The summed E-state index contributed by atoms with van der Waals surface area (Å²) in [6.07, 6.45) is 3.69. The Labute approximate surface area is 137 Å². The minimum absolute atomic E-state index is 0.0162. The molecule has 0 bridgehead atoms. The molecule has 0 spiro atoms. The minimum Gasteiger partial charge on any atom is -0.396 e. The van der Waals surface area contributed by atoms with Gasteiger partial charge in [0.2, 0.25) is 0 Å². The summed E-state index contributed by atoms with van der Waals surface area (Å²) in [6, 6.07) is 0. The molecule has 0 aromatic carbocycles. The number of aryl methyl sites for hydroxylation is 1. The maximum Gasteiger partial charge on any atom is 0.265 e. The highest BCUT2D eigenvalue weighted by atomic mass is 32.1. The molecule has 0 aliphatic carbocycles. The molecule has 1 aliphatic heterocycles. The van der Waals surface area contributed by atoms with Crippen LogP contribution in [0.2, 0.25) is 0 Å². The average Bonchev–Trinajstić information content (AvgIpc) is 2.86. The largest absolute Gasteiger partial charge is 0.396 e. The molecular weight excluding hydrogens is 296 g/mol. The second-order valence-electron chi connectivity index (χ2n) is 6.92. The number of nitrogens with zero attached hydrogens (tertiary/aromatic N) is 2. The number of rotatable bonds is 5. The van der Waals surface area contributed by atoms with Gasteiger partial charge in [-0.3, -0.25) is 4.79 Å². The van der Waals surface area contributed by atoms with Crippen molar-refractivity contribution in [2.45, 2.75) is 53.4 Å². The van der Waals surface area contributed by atoms with E-state index in [0.29, 0.717) is 5.92 Å². The first kappa shape index (κ1) is 17.4. The van der Waals surface area contributed by atoms with Gasteiger partial charge < -0.3 is 10.0 Å². The van der Waals surface area contributed by atoms with E-state index in [9.17, 15) is 9.90 Å². The Morgan fingerprint density at radius 3 is 2.55 bits per heavy atom. The van der Waals surface area contributed by atoms with Crippen LogP contribution >= 0.6 is 11.3 Å². The summed E-state index contributed by atoms with van der Waals surface area (Å²) in [5.41, 5.74) is 0.877. The molecule has 1 aliphatic rings. The highest BCUT2D eigenvalue weighted by molar-refractivity contribution is 7.13. The fourth-order valence-corrected chi connectivity index (χ4v) is 4.28. The number of hydrogen-bond acceptors (Lipinski definition) is 4. The highest BCUT2D eigenvalue weighted by Gasteiger charge is 2.34. The SMILES string of the molecule is CCC1(CO)CCN(C(=O)c2sc(CC(C)C)nc2C)CC1. The second-order valence-corrected chi connectivity index (χ2v) is 8.01. The van der Waals surface area contributed by atoms with E-state index in [1.165, 1.54) is 0 Å². The van der Waals surface area contributed by atoms with Crippen LogP contribution in [-0.2, 0) is 6.42 Å². The fourth-order valence-electron chi connectivity index (χ4n) is 3.04. The molecule has 1 fully saturated rings. The van der Waals surface area contributed by atoms with Crippen molar-refractivity contribution < 1.29 is 9.90 Å². The van der Waals surface area contributed by atoms with Crippen LogP contribution < -0.4 is 0 Å². The van der Waals surface area contributed by atoms with Crippen LogP contribution in [0.25, 0.3) is 0 Å². The van der Waals surface area contributed by atoms with Crippen molar-refractivity contribution in [1.82, 2.24) is 9.88 Å². The summed E-state index contributed by atoms with van der Waals surface area (Å²) >= 11 is 1.55. The summed E-state index contributed by atoms with van der Waals surface area (Å²) in [4.78, 5) is 20.0. The lowest BCUT2D eigenvalue weighted by atomic mass is 9.77. The third-order valence-corrected chi connectivity index (χ3v) is 5.98. The number of aliphatic hydroxyl groups excluding tert-OH is 1. The van der Waals surface area contributed by atoms with E-state index >= 15 is 0 Å². The van der Waals surface area contributed by atoms with Gasteiger partial charge in [-0.2, -0.15) is 0 Å². The molecule has 1 aromatic rings. The first-order chi connectivity index (χ1) is 10.4. The normalized spacial score (nSPS) is 18.0. The lowest BCUT2D eigenvalue weighted by Gasteiger charge is -2.40. The summed E-state index contributed by atoms with van der Waals surface area (Å²) in [5, 5.41) is 10.7. The predicted octanol–water partition coefficient (Wildman–Crippen LogP) is 3.27.